The highest BCUT2D eigenvalue weighted by Crippen LogP contribution is 2.44. The maximum absolute atomic E-state index is 13.3. The predicted molar refractivity (Wildman–Crippen MR) is 58.7 cm³/mol. The molecule has 0 aromatic rings. The Morgan fingerprint density at radius 1 is 0.857 bits per heavy atom. The Bertz CT molecular complexity index is 338. The van der Waals surface area contributed by atoms with Crippen LogP contribution >= 0.6 is 0 Å². The minimum Gasteiger partial charge on any atom is -0.207 e. The van der Waals surface area contributed by atoms with Crippen LogP contribution < -0.4 is 0 Å². The molecular formula is C12H15F9. The maximum Gasteiger partial charge on any atom is 0.392 e. The summed E-state index contributed by atoms with van der Waals surface area (Å²) in [5.74, 6) is -15.3. The van der Waals surface area contributed by atoms with Gasteiger partial charge in [-0.1, -0.05) is 6.08 Å². The monoisotopic (exact) mass is 330 g/mol. The molecule has 0 spiro atoms. The molecule has 9 heteroatoms. The Labute approximate surface area is 116 Å². The third kappa shape index (κ3) is 8.87. The van der Waals surface area contributed by atoms with E-state index in [9.17, 15) is 39.5 Å². The zero-order chi connectivity index (χ0) is 17.1. The summed E-state index contributed by atoms with van der Waals surface area (Å²) in [6.07, 6.45) is -11.5. The molecule has 0 heterocycles. The molecule has 0 aliphatic carbocycles. The highest BCUT2D eigenvalue weighted by atomic mass is 19.4. The van der Waals surface area contributed by atoms with Gasteiger partial charge in [0.25, 0.3) is 17.8 Å². The molecule has 0 aliphatic heterocycles. The third-order valence-electron chi connectivity index (χ3n) is 2.55. The lowest BCUT2D eigenvalue weighted by Crippen LogP contribution is -2.37. The van der Waals surface area contributed by atoms with Crippen molar-refractivity contribution in [2.45, 2.75) is 56.6 Å². The lowest BCUT2D eigenvalue weighted by molar-refractivity contribution is -0.207. The van der Waals surface area contributed by atoms with Crippen LogP contribution in [0.5, 0.6) is 0 Å². The molecule has 0 saturated carbocycles. The van der Waals surface area contributed by atoms with Crippen LogP contribution in [-0.2, 0) is 0 Å². The number of hydrogen-bond acceptors (Lipinski definition) is 0. The van der Waals surface area contributed by atoms with Crippen molar-refractivity contribution >= 4 is 0 Å². The molecule has 0 radical (unpaired) electrons. The molecule has 1 unspecified atom stereocenters. The van der Waals surface area contributed by atoms with Gasteiger partial charge in [0.2, 0.25) is 0 Å². The van der Waals surface area contributed by atoms with Crippen molar-refractivity contribution in [1.29, 1.82) is 0 Å². The van der Waals surface area contributed by atoms with E-state index in [1.54, 1.807) is 0 Å². The van der Waals surface area contributed by atoms with E-state index in [0.717, 1.165) is 6.08 Å². The molecule has 0 aromatic heterocycles. The Balaban J connectivity index is 4.92. The van der Waals surface area contributed by atoms with E-state index in [1.807, 2.05) is 0 Å². The van der Waals surface area contributed by atoms with Crippen LogP contribution in [0.1, 0.15) is 32.6 Å². The van der Waals surface area contributed by atoms with Gasteiger partial charge in [0.1, 0.15) is 0 Å². The van der Waals surface area contributed by atoms with Gasteiger partial charge in [0.05, 0.1) is 18.8 Å². The van der Waals surface area contributed by atoms with Gasteiger partial charge in [-0.15, -0.1) is 6.58 Å². The van der Waals surface area contributed by atoms with Gasteiger partial charge >= 0.3 is 6.18 Å². The lowest BCUT2D eigenvalue weighted by Gasteiger charge is -2.28. The van der Waals surface area contributed by atoms with Crippen LogP contribution in [0, 0.1) is 5.92 Å². The van der Waals surface area contributed by atoms with Crippen molar-refractivity contribution < 1.29 is 39.5 Å². The summed E-state index contributed by atoms with van der Waals surface area (Å²) in [7, 11) is 0. The van der Waals surface area contributed by atoms with Gasteiger partial charge in [0, 0.05) is 6.42 Å². The van der Waals surface area contributed by atoms with Crippen LogP contribution in [0.3, 0.4) is 0 Å². The fourth-order valence-corrected chi connectivity index (χ4v) is 1.86. The zero-order valence-corrected chi connectivity index (χ0v) is 11.1. The Morgan fingerprint density at radius 3 is 1.67 bits per heavy atom. The molecule has 0 aromatic carbocycles. The lowest BCUT2D eigenvalue weighted by atomic mass is 9.92. The van der Waals surface area contributed by atoms with Crippen molar-refractivity contribution in [1.82, 2.24) is 0 Å². The molecule has 0 saturated heterocycles. The van der Waals surface area contributed by atoms with E-state index in [-0.39, 0.29) is 6.92 Å². The summed E-state index contributed by atoms with van der Waals surface area (Å²) in [5.41, 5.74) is 0. The van der Waals surface area contributed by atoms with Gasteiger partial charge in [0.15, 0.2) is 0 Å². The molecule has 21 heavy (non-hydrogen) atoms. The average Bonchev–Trinajstić information content (AvgIpc) is 2.08. The van der Waals surface area contributed by atoms with E-state index in [2.05, 4.69) is 6.58 Å². The van der Waals surface area contributed by atoms with Crippen LogP contribution in [-0.4, -0.2) is 23.9 Å². The quantitative estimate of drug-likeness (QED) is 0.387. The molecule has 0 N–H and O–H groups in total. The molecule has 0 aliphatic rings. The number of allylic oxidation sites excluding steroid dienone is 1. The van der Waals surface area contributed by atoms with Gasteiger partial charge < -0.3 is 0 Å². The molecule has 0 nitrogen and oxygen atoms in total. The minimum atomic E-state index is -5.01. The van der Waals surface area contributed by atoms with Crippen LogP contribution in [0.25, 0.3) is 0 Å². The first-order valence-electron chi connectivity index (χ1n) is 5.89. The highest BCUT2D eigenvalue weighted by molar-refractivity contribution is 4.87. The first kappa shape index (κ1) is 20.1. The standard InChI is InChI=1S/C12H15F9/c1-3-4-8(12(19,20)21)5-10(15,16)7-11(17,18)6-9(2,13)14/h3,8H,1,4-7H2,2H3. The van der Waals surface area contributed by atoms with Gasteiger partial charge in [-0.05, 0) is 13.3 Å². The fraction of sp³-hybridized carbons (Fsp3) is 0.833. The number of halogens is 9. The first-order chi connectivity index (χ1) is 9.08. The predicted octanol–water partition coefficient (Wildman–Crippen LogP) is 5.84. The molecule has 0 amide bonds. The topological polar surface area (TPSA) is 0 Å². The van der Waals surface area contributed by atoms with E-state index in [4.69, 9.17) is 0 Å². The second-order valence-corrected chi connectivity index (χ2v) is 5.10. The van der Waals surface area contributed by atoms with E-state index in [0.29, 0.717) is 0 Å². The summed E-state index contributed by atoms with van der Waals surface area (Å²) in [5, 5.41) is 0. The summed E-state index contributed by atoms with van der Waals surface area (Å²) < 4.78 is 115. The zero-order valence-electron chi connectivity index (χ0n) is 11.1. The smallest absolute Gasteiger partial charge is 0.207 e. The average molecular weight is 330 g/mol. The SMILES string of the molecule is C=CCC(CC(F)(F)CC(F)(F)CC(C)(F)F)C(F)(F)F. The van der Waals surface area contributed by atoms with E-state index < -0.39 is 55.5 Å². The van der Waals surface area contributed by atoms with Gasteiger partial charge in [-0.25, -0.2) is 26.3 Å². The van der Waals surface area contributed by atoms with E-state index >= 15 is 0 Å². The Hall–Kier alpha value is -0.890. The second kappa shape index (κ2) is 6.48. The molecule has 0 bridgehead atoms. The fourth-order valence-electron chi connectivity index (χ4n) is 1.86. The van der Waals surface area contributed by atoms with Crippen molar-refractivity contribution in [3.63, 3.8) is 0 Å². The maximum atomic E-state index is 13.3. The van der Waals surface area contributed by atoms with Crippen molar-refractivity contribution in [3.05, 3.63) is 12.7 Å². The van der Waals surface area contributed by atoms with E-state index in [1.165, 1.54) is 0 Å². The third-order valence-corrected chi connectivity index (χ3v) is 2.55. The Morgan fingerprint density at radius 2 is 1.33 bits per heavy atom. The Kier molecular flexibility index (Phi) is 6.20. The van der Waals surface area contributed by atoms with Crippen molar-refractivity contribution in [3.8, 4) is 0 Å². The minimum absolute atomic E-state index is 0.120. The first-order valence-corrected chi connectivity index (χ1v) is 5.89. The summed E-state index contributed by atoms with van der Waals surface area (Å²) in [6, 6.07) is 0. The number of rotatable bonds is 8. The highest BCUT2D eigenvalue weighted by Gasteiger charge is 2.51. The number of alkyl halides is 9. The largest absolute Gasteiger partial charge is 0.392 e. The molecule has 1 atom stereocenters. The molecular weight excluding hydrogens is 315 g/mol. The molecule has 0 fully saturated rings. The van der Waals surface area contributed by atoms with Gasteiger partial charge in [-0.3, -0.25) is 0 Å². The van der Waals surface area contributed by atoms with Gasteiger partial charge in [-0.2, -0.15) is 13.2 Å². The van der Waals surface area contributed by atoms with Crippen LogP contribution in [0.4, 0.5) is 39.5 Å². The summed E-state index contributed by atoms with van der Waals surface area (Å²) >= 11 is 0. The number of hydrogen-bond donors (Lipinski definition) is 0. The molecule has 0 rings (SSSR count). The summed E-state index contributed by atoms with van der Waals surface area (Å²) in [6.45, 7) is 3.10. The molecule has 126 valence electrons. The summed E-state index contributed by atoms with van der Waals surface area (Å²) in [4.78, 5) is 0. The van der Waals surface area contributed by atoms with Crippen molar-refractivity contribution in [2.24, 2.45) is 5.92 Å². The normalized spacial score (nSPS) is 15.9. The van der Waals surface area contributed by atoms with Crippen molar-refractivity contribution in [2.75, 3.05) is 0 Å². The second-order valence-electron chi connectivity index (χ2n) is 5.10. The van der Waals surface area contributed by atoms with Crippen LogP contribution in [0.2, 0.25) is 0 Å². The van der Waals surface area contributed by atoms with Crippen LogP contribution in [0.15, 0.2) is 12.7 Å².